The number of hydrogen-bond donors (Lipinski definition) is 1. The Morgan fingerprint density at radius 3 is 2.48 bits per heavy atom. The molecule has 2 aromatic rings. The number of alkyl carbamates (subject to hydrolysis) is 1. The van der Waals surface area contributed by atoms with E-state index in [-0.39, 0.29) is 24.8 Å². The number of aromatic nitrogens is 2. The zero-order valence-electron chi connectivity index (χ0n) is 13.7. The highest BCUT2D eigenvalue weighted by Crippen LogP contribution is 2.22. The Balaban J connectivity index is 1.37. The number of amides is 1. The third-order valence-electron chi connectivity index (χ3n) is 4.08. The van der Waals surface area contributed by atoms with E-state index in [1.807, 2.05) is 30.3 Å². The predicted molar refractivity (Wildman–Crippen MR) is 88.4 cm³/mol. The summed E-state index contributed by atoms with van der Waals surface area (Å²) < 4.78 is 23.6. The van der Waals surface area contributed by atoms with Crippen molar-refractivity contribution in [3.8, 4) is 6.01 Å². The Hall–Kier alpha value is -2.70. The molecule has 0 spiro atoms. The molecule has 1 N–H and O–H groups in total. The summed E-state index contributed by atoms with van der Waals surface area (Å²) in [6.07, 6.45) is 4.84. The lowest BCUT2D eigenvalue weighted by atomic mass is 9.93. The summed E-state index contributed by atoms with van der Waals surface area (Å²) >= 11 is 0. The zero-order valence-corrected chi connectivity index (χ0v) is 13.7. The van der Waals surface area contributed by atoms with Crippen molar-refractivity contribution in [3.05, 3.63) is 54.1 Å². The smallest absolute Gasteiger partial charge is 0.407 e. The number of benzene rings is 1. The molecule has 1 amide bonds. The second-order valence-electron chi connectivity index (χ2n) is 5.98. The number of carbonyl (C=O) groups excluding carboxylic acids is 1. The van der Waals surface area contributed by atoms with Crippen molar-refractivity contribution in [1.82, 2.24) is 15.3 Å². The van der Waals surface area contributed by atoms with Crippen molar-refractivity contribution in [2.75, 3.05) is 0 Å². The van der Waals surface area contributed by atoms with Gasteiger partial charge in [-0.3, -0.25) is 0 Å². The third-order valence-corrected chi connectivity index (χ3v) is 4.08. The molecule has 1 aliphatic carbocycles. The molecule has 0 aliphatic heterocycles. The Labute approximate surface area is 145 Å². The average molecular weight is 345 g/mol. The lowest BCUT2D eigenvalue weighted by molar-refractivity contribution is 0.111. The van der Waals surface area contributed by atoms with E-state index in [4.69, 9.17) is 9.47 Å². The molecule has 1 saturated carbocycles. The molecular formula is C18H20FN3O3. The van der Waals surface area contributed by atoms with Gasteiger partial charge in [-0.1, -0.05) is 30.3 Å². The molecule has 0 unspecified atom stereocenters. The molecule has 1 aromatic heterocycles. The van der Waals surface area contributed by atoms with Crippen LogP contribution in [0.3, 0.4) is 0 Å². The van der Waals surface area contributed by atoms with E-state index in [9.17, 15) is 9.18 Å². The largest absolute Gasteiger partial charge is 0.460 e. The fourth-order valence-electron chi connectivity index (χ4n) is 2.77. The van der Waals surface area contributed by atoms with Crippen molar-refractivity contribution in [2.45, 2.75) is 44.4 Å². The fourth-order valence-corrected chi connectivity index (χ4v) is 2.77. The molecule has 0 bridgehead atoms. The van der Waals surface area contributed by atoms with Crippen molar-refractivity contribution in [1.29, 1.82) is 0 Å². The number of halogens is 1. The van der Waals surface area contributed by atoms with E-state index in [2.05, 4.69) is 15.3 Å². The van der Waals surface area contributed by atoms with Gasteiger partial charge < -0.3 is 14.8 Å². The zero-order chi connectivity index (χ0) is 17.5. The van der Waals surface area contributed by atoms with Gasteiger partial charge in [0.15, 0.2) is 5.82 Å². The molecule has 0 atom stereocenters. The minimum absolute atomic E-state index is 0.0242. The summed E-state index contributed by atoms with van der Waals surface area (Å²) in [4.78, 5) is 19.5. The Kier molecular flexibility index (Phi) is 5.77. The quantitative estimate of drug-likeness (QED) is 0.901. The van der Waals surface area contributed by atoms with E-state index >= 15 is 0 Å². The van der Waals surface area contributed by atoms with Crippen molar-refractivity contribution >= 4 is 6.09 Å². The molecule has 6 nitrogen and oxygen atoms in total. The van der Waals surface area contributed by atoms with Crippen LogP contribution in [0.4, 0.5) is 9.18 Å². The third kappa shape index (κ3) is 5.41. The van der Waals surface area contributed by atoms with Gasteiger partial charge >= 0.3 is 12.1 Å². The molecular weight excluding hydrogens is 325 g/mol. The van der Waals surface area contributed by atoms with Gasteiger partial charge in [0.25, 0.3) is 0 Å². The number of nitrogens with one attached hydrogen (secondary N) is 1. The van der Waals surface area contributed by atoms with Gasteiger partial charge in [0.05, 0.1) is 12.4 Å². The number of ether oxygens (including phenoxy) is 2. The van der Waals surface area contributed by atoms with Crippen LogP contribution in [0.5, 0.6) is 6.01 Å². The summed E-state index contributed by atoms with van der Waals surface area (Å²) in [5, 5.41) is 2.88. The van der Waals surface area contributed by atoms with Crippen LogP contribution in [0.15, 0.2) is 42.7 Å². The number of carbonyl (C=O) groups is 1. The first kappa shape index (κ1) is 17.1. The van der Waals surface area contributed by atoms with Crippen LogP contribution in [0, 0.1) is 5.82 Å². The van der Waals surface area contributed by atoms with Gasteiger partial charge in [-0.2, -0.15) is 0 Å². The van der Waals surface area contributed by atoms with Crippen molar-refractivity contribution < 1.29 is 18.7 Å². The van der Waals surface area contributed by atoms with Gasteiger partial charge in [-0.15, -0.1) is 0 Å². The first-order valence-electron chi connectivity index (χ1n) is 8.30. The molecule has 1 aliphatic rings. The van der Waals surface area contributed by atoms with Crippen LogP contribution in [-0.4, -0.2) is 28.2 Å². The molecule has 3 rings (SSSR count). The summed E-state index contributed by atoms with van der Waals surface area (Å²) in [5.41, 5.74) is 0.953. The second-order valence-corrected chi connectivity index (χ2v) is 5.98. The van der Waals surface area contributed by atoms with Gasteiger partial charge in [0.1, 0.15) is 12.7 Å². The molecule has 1 fully saturated rings. The van der Waals surface area contributed by atoms with Gasteiger partial charge in [-0.25, -0.2) is 19.2 Å². The number of hydrogen-bond acceptors (Lipinski definition) is 5. The van der Waals surface area contributed by atoms with E-state index in [0.717, 1.165) is 43.6 Å². The Morgan fingerprint density at radius 1 is 1.12 bits per heavy atom. The summed E-state index contributed by atoms with van der Waals surface area (Å²) in [6.45, 7) is 0.257. The first-order valence-corrected chi connectivity index (χ1v) is 8.30. The normalized spacial score (nSPS) is 19.9. The van der Waals surface area contributed by atoms with Crippen LogP contribution in [-0.2, 0) is 11.3 Å². The van der Waals surface area contributed by atoms with Crippen molar-refractivity contribution in [3.63, 3.8) is 0 Å². The monoisotopic (exact) mass is 345 g/mol. The SMILES string of the molecule is O=C(NC1CCC(Oc2ncc(F)cn2)CC1)OCc1ccccc1. The summed E-state index contributed by atoms with van der Waals surface area (Å²) in [5.74, 6) is -0.491. The van der Waals surface area contributed by atoms with Crippen LogP contribution < -0.4 is 10.1 Å². The molecule has 0 saturated heterocycles. The van der Waals surface area contributed by atoms with E-state index in [0.29, 0.717) is 0 Å². The van der Waals surface area contributed by atoms with Crippen LogP contribution in [0.25, 0.3) is 0 Å². The highest BCUT2D eigenvalue weighted by molar-refractivity contribution is 5.67. The minimum atomic E-state index is -0.491. The number of nitrogens with zero attached hydrogens (tertiary/aromatic N) is 2. The van der Waals surface area contributed by atoms with Crippen LogP contribution >= 0.6 is 0 Å². The van der Waals surface area contributed by atoms with Crippen molar-refractivity contribution in [2.24, 2.45) is 0 Å². The predicted octanol–water partition coefficient (Wildman–Crippen LogP) is 3.23. The lowest BCUT2D eigenvalue weighted by Crippen LogP contribution is -2.40. The molecule has 25 heavy (non-hydrogen) atoms. The molecule has 1 heterocycles. The maximum Gasteiger partial charge on any atom is 0.407 e. The second kappa shape index (κ2) is 8.41. The Morgan fingerprint density at radius 2 is 1.80 bits per heavy atom. The molecule has 1 aromatic carbocycles. The van der Waals surface area contributed by atoms with Crippen LogP contribution in [0.2, 0.25) is 0 Å². The van der Waals surface area contributed by atoms with Gasteiger partial charge in [0.2, 0.25) is 0 Å². The number of rotatable bonds is 5. The van der Waals surface area contributed by atoms with Gasteiger partial charge in [-0.05, 0) is 31.2 Å². The topological polar surface area (TPSA) is 73.3 Å². The summed E-state index contributed by atoms with van der Waals surface area (Å²) in [6, 6.07) is 9.80. The average Bonchev–Trinajstić information content (AvgIpc) is 2.64. The van der Waals surface area contributed by atoms with E-state index in [1.54, 1.807) is 0 Å². The summed E-state index contributed by atoms with van der Waals surface area (Å²) in [7, 11) is 0. The maximum absolute atomic E-state index is 12.8. The highest BCUT2D eigenvalue weighted by atomic mass is 19.1. The molecule has 0 radical (unpaired) electrons. The Bertz CT molecular complexity index is 674. The molecule has 7 heteroatoms. The van der Waals surface area contributed by atoms with E-state index < -0.39 is 11.9 Å². The first-order chi connectivity index (χ1) is 12.2. The highest BCUT2D eigenvalue weighted by Gasteiger charge is 2.24. The van der Waals surface area contributed by atoms with E-state index in [1.165, 1.54) is 0 Å². The minimum Gasteiger partial charge on any atom is -0.460 e. The lowest BCUT2D eigenvalue weighted by Gasteiger charge is -2.28. The molecule has 132 valence electrons. The van der Waals surface area contributed by atoms with Crippen LogP contribution in [0.1, 0.15) is 31.2 Å². The standard InChI is InChI=1S/C18H20FN3O3/c19-14-10-20-17(21-11-14)25-16-8-6-15(7-9-16)22-18(23)24-12-13-4-2-1-3-5-13/h1-5,10-11,15-16H,6-9,12H2,(H,22,23). The maximum atomic E-state index is 12.8. The fraction of sp³-hybridized carbons (Fsp3) is 0.389. The van der Waals surface area contributed by atoms with Gasteiger partial charge in [0, 0.05) is 6.04 Å².